The van der Waals surface area contributed by atoms with Crippen molar-refractivity contribution in [3.8, 4) is 0 Å². The molecule has 0 aliphatic heterocycles. The van der Waals surface area contributed by atoms with Crippen LogP contribution < -0.4 is 5.30 Å². The summed E-state index contributed by atoms with van der Waals surface area (Å²) in [6, 6.07) is 5.04. The second-order valence-electron chi connectivity index (χ2n) is 7.15. The van der Waals surface area contributed by atoms with E-state index in [-0.39, 0.29) is 7.92 Å². The predicted molar refractivity (Wildman–Crippen MR) is 115 cm³/mol. The Kier molecular flexibility index (Phi) is 11.7. The molecule has 24 heavy (non-hydrogen) atoms. The molecular formula is C23H41P. The number of hydrogen-bond acceptors (Lipinski definition) is 0. The van der Waals surface area contributed by atoms with E-state index < -0.39 is 0 Å². The summed E-state index contributed by atoms with van der Waals surface area (Å²) in [5.74, 6) is 0. The van der Waals surface area contributed by atoms with Crippen molar-refractivity contribution in [2.75, 3.05) is 12.3 Å². The van der Waals surface area contributed by atoms with Crippen LogP contribution in [0.15, 0.2) is 12.1 Å². The van der Waals surface area contributed by atoms with Gasteiger partial charge in [0.05, 0.1) is 0 Å². The zero-order valence-corrected chi connectivity index (χ0v) is 18.0. The fraction of sp³-hybridized carbons (Fsp3) is 0.739. The number of rotatable bonds is 13. The van der Waals surface area contributed by atoms with Gasteiger partial charge in [-0.15, -0.1) is 0 Å². The molecule has 0 nitrogen and oxygen atoms in total. The maximum absolute atomic E-state index is 2.55. The van der Waals surface area contributed by atoms with Crippen LogP contribution >= 0.6 is 7.92 Å². The molecule has 0 unspecified atom stereocenters. The zero-order valence-electron chi connectivity index (χ0n) is 17.1. The highest BCUT2D eigenvalue weighted by molar-refractivity contribution is 7.65. The van der Waals surface area contributed by atoms with E-state index in [0.29, 0.717) is 0 Å². The largest absolute Gasteiger partial charge is 0.0750 e. The number of unbranched alkanes of at least 4 members (excludes halogenated alkanes) is 2. The Morgan fingerprint density at radius 2 is 1.17 bits per heavy atom. The fourth-order valence-electron chi connectivity index (χ4n) is 3.67. The molecule has 0 aliphatic carbocycles. The van der Waals surface area contributed by atoms with Crippen molar-refractivity contribution in [1.82, 2.24) is 0 Å². The Bertz CT molecular complexity index is 442. The minimum absolute atomic E-state index is 0.0515. The summed E-state index contributed by atoms with van der Waals surface area (Å²) in [6.45, 7) is 11.7. The Morgan fingerprint density at radius 1 is 0.625 bits per heavy atom. The summed E-state index contributed by atoms with van der Waals surface area (Å²) >= 11 is 0. The van der Waals surface area contributed by atoms with Crippen LogP contribution in [0.5, 0.6) is 0 Å². The molecule has 138 valence electrons. The molecule has 1 heteroatoms. The molecule has 0 aliphatic rings. The molecule has 0 amide bonds. The molecule has 0 fully saturated rings. The van der Waals surface area contributed by atoms with Gasteiger partial charge in [-0.2, -0.15) is 0 Å². The first-order chi connectivity index (χ1) is 11.7. The molecule has 0 radical (unpaired) electrons. The summed E-state index contributed by atoms with van der Waals surface area (Å²) in [5.41, 5.74) is 5.15. The van der Waals surface area contributed by atoms with Crippen molar-refractivity contribution < 1.29 is 0 Å². The van der Waals surface area contributed by atoms with Gasteiger partial charge in [0, 0.05) is 0 Å². The van der Waals surface area contributed by atoms with Gasteiger partial charge in [-0.3, -0.25) is 0 Å². The molecule has 1 aromatic carbocycles. The third kappa shape index (κ3) is 6.51. The normalized spacial score (nSPS) is 11.4. The van der Waals surface area contributed by atoms with Crippen molar-refractivity contribution >= 4 is 13.2 Å². The summed E-state index contributed by atoms with van der Waals surface area (Å²) in [7, 11) is 0.0515. The molecule has 1 rings (SSSR count). The van der Waals surface area contributed by atoms with E-state index in [1.54, 1.807) is 22.0 Å². The van der Waals surface area contributed by atoms with E-state index in [4.69, 9.17) is 0 Å². The van der Waals surface area contributed by atoms with E-state index in [0.717, 1.165) is 0 Å². The molecule has 0 saturated heterocycles. The lowest BCUT2D eigenvalue weighted by molar-refractivity contribution is 0.828. The third-order valence-corrected chi connectivity index (χ3v) is 7.74. The van der Waals surface area contributed by atoms with Crippen LogP contribution in [0.3, 0.4) is 0 Å². The molecule has 0 heterocycles. The Hall–Kier alpha value is -0.350. The summed E-state index contributed by atoms with van der Waals surface area (Å²) in [4.78, 5) is 0. The number of benzene rings is 1. The van der Waals surface area contributed by atoms with Crippen LogP contribution in [0.2, 0.25) is 0 Å². The van der Waals surface area contributed by atoms with Crippen LogP contribution in [0, 0.1) is 0 Å². The highest BCUT2D eigenvalue weighted by Gasteiger charge is 2.18. The first-order valence-electron chi connectivity index (χ1n) is 10.6. The van der Waals surface area contributed by atoms with E-state index in [2.05, 4.69) is 46.8 Å². The van der Waals surface area contributed by atoms with Crippen molar-refractivity contribution in [2.24, 2.45) is 0 Å². The van der Waals surface area contributed by atoms with Crippen LogP contribution in [-0.4, -0.2) is 12.3 Å². The molecule has 0 atom stereocenters. The second-order valence-corrected chi connectivity index (χ2v) is 9.60. The first kappa shape index (κ1) is 21.7. The van der Waals surface area contributed by atoms with Gasteiger partial charge in [-0.05, 0) is 66.4 Å². The average Bonchev–Trinajstić information content (AvgIpc) is 2.59. The molecule has 0 bridgehead atoms. The highest BCUT2D eigenvalue weighted by Crippen LogP contribution is 2.39. The van der Waals surface area contributed by atoms with E-state index in [9.17, 15) is 0 Å². The lowest BCUT2D eigenvalue weighted by atomic mass is 9.92. The minimum atomic E-state index is 0.0515. The van der Waals surface area contributed by atoms with E-state index in [1.807, 2.05) is 0 Å². The second kappa shape index (κ2) is 12.9. The standard InChI is InChI=1S/C23H41P/c1-6-11-18-24(19-12-7-2)23-17-16-20(13-8-3)21(14-9-4)22(23)15-10-5/h16-17H,6-15,18-19H2,1-5H3. The van der Waals surface area contributed by atoms with Crippen molar-refractivity contribution in [2.45, 2.75) is 98.8 Å². The third-order valence-electron chi connectivity index (χ3n) is 4.93. The van der Waals surface area contributed by atoms with Crippen molar-refractivity contribution in [3.63, 3.8) is 0 Å². The van der Waals surface area contributed by atoms with Gasteiger partial charge < -0.3 is 0 Å². The van der Waals surface area contributed by atoms with Crippen molar-refractivity contribution in [1.29, 1.82) is 0 Å². The van der Waals surface area contributed by atoms with Gasteiger partial charge in [-0.1, -0.05) is 86.8 Å². The maximum atomic E-state index is 2.55. The van der Waals surface area contributed by atoms with Crippen LogP contribution in [0.4, 0.5) is 0 Å². The topological polar surface area (TPSA) is 0 Å². The zero-order chi connectivity index (χ0) is 17.8. The van der Waals surface area contributed by atoms with Gasteiger partial charge in [0.15, 0.2) is 0 Å². The molecule has 0 saturated carbocycles. The maximum Gasteiger partial charge on any atom is -0.0206 e. The van der Waals surface area contributed by atoms with Crippen molar-refractivity contribution in [3.05, 3.63) is 28.8 Å². The number of aryl methyl sites for hydroxylation is 1. The highest BCUT2D eigenvalue weighted by atomic mass is 31.1. The SMILES string of the molecule is CCCCP(CCCC)c1ccc(CCC)c(CCC)c1CCC. The average molecular weight is 349 g/mol. The molecular weight excluding hydrogens is 307 g/mol. The summed E-state index contributed by atoms with van der Waals surface area (Å²) in [6.07, 6.45) is 16.0. The van der Waals surface area contributed by atoms with Gasteiger partial charge in [-0.25, -0.2) is 0 Å². The summed E-state index contributed by atoms with van der Waals surface area (Å²) in [5, 5.41) is 1.78. The molecule has 0 N–H and O–H groups in total. The lowest BCUT2D eigenvalue weighted by Crippen LogP contribution is -2.17. The summed E-state index contributed by atoms with van der Waals surface area (Å²) < 4.78 is 0. The number of hydrogen-bond donors (Lipinski definition) is 0. The monoisotopic (exact) mass is 348 g/mol. The molecule has 1 aromatic rings. The Morgan fingerprint density at radius 3 is 1.67 bits per heavy atom. The van der Waals surface area contributed by atoms with Gasteiger partial charge in [0.25, 0.3) is 0 Å². The molecule has 0 aromatic heterocycles. The van der Waals surface area contributed by atoms with Crippen LogP contribution in [-0.2, 0) is 19.3 Å². The minimum Gasteiger partial charge on any atom is -0.0750 e. The van der Waals surface area contributed by atoms with Gasteiger partial charge in [0.1, 0.15) is 0 Å². The van der Waals surface area contributed by atoms with Gasteiger partial charge >= 0.3 is 0 Å². The predicted octanol–water partition coefficient (Wildman–Crippen LogP) is 7.25. The fourth-order valence-corrected chi connectivity index (χ4v) is 6.69. The quantitative estimate of drug-likeness (QED) is 0.329. The lowest BCUT2D eigenvalue weighted by Gasteiger charge is -2.25. The Labute approximate surface area is 153 Å². The van der Waals surface area contributed by atoms with Crippen LogP contribution in [0.25, 0.3) is 0 Å². The molecule has 0 spiro atoms. The smallest absolute Gasteiger partial charge is 0.0206 e. The van der Waals surface area contributed by atoms with E-state index in [1.165, 1.54) is 76.5 Å². The van der Waals surface area contributed by atoms with E-state index >= 15 is 0 Å². The van der Waals surface area contributed by atoms with Gasteiger partial charge in [0.2, 0.25) is 0 Å². The first-order valence-corrected chi connectivity index (χ1v) is 12.3. The Balaban J connectivity index is 3.27. The van der Waals surface area contributed by atoms with Crippen LogP contribution in [0.1, 0.15) is 96.3 Å².